The van der Waals surface area contributed by atoms with Crippen LogP contribution in [0.2, 0.25) is 0 Å². The number of halogens is 2. The molecule has 0 saturated heterocycles. The highest BCUT2D eigenvalue weighted by molar-refractivity contribution is 9.10. The fraction of sp³-hybridized carbons (Fsp3) is 0. The van der Waals surface area contributed by atoms with E-state index in [0.29, 0.717) is 15.7 Å². The molecule has 0 saturated carbocycles. The molecule has 3 N–H and O–H groups in total. The second-order valence-corrected chi connectivity index (χ2v) is 4.52. The lowest BCUT2D eigenvalue weighted by Gasteiger charge is -2.09. The number of carbonyl (C=O) groups is 1. The van der Waals surface area contributed by atoms with Gasteiger partial charge in [0.1, 0.15) is 5.82 Å². The zero-order chi connectivity index (χ0) is 13.1. The molecule has 0 bridgehead atoms. The summed E-state index contributed by atoms with van der Waals surface area (Å²) in [5.74, 6) is -0.800. The van der Waals surface area contributed by atoms with E-state index in [1.165, 1.54) is 18.2 Å². The molecule has 2 aromatic rings. The Bertz CT molecular complexity index is 601. The van der Waals surface area contributed by atoms with Gasteiger partial charge in [-0.2, -0.15) is 0 Å². The molecule has 0 aliphatic heterocycles. The van der Waals surface area contributed by atoms with Crippen LogP contribution in [0.5, 0.6) is 0 Å². The topological polar surface area (TPSA) is 55.1 Å². The lowest BCUT2D eigenvalue weighted by molar-refractivity contribution is 0.102. The molecule has 5 heteroatoms. The van der Waals surface area contributed by atoms with Gasteiger partial charge in [-0.05, 0) is 46.3 Å². The van der Waals surface area contributed by atoms with Crippen LogP contribution < -0.4 is 11.1 Å². The summed E-state index contributed by atoms with van der Waals surface area (Å²) in [6.45, 7) is 0. The summed E-state index contributed by atoms with van der Waals surface area (Å²) < 4.78 is 13.7. The van der Waals surface area contributed by atoms with E-state index < -0.39 is 5.82 Å². The largest absolute Gasteiger partial charge is 0.397 e. The van der Waals surface area contributed by atoms with Crippen LogP contribution in [0.4, 0.5) is 15.8 Å². The number of nitrogen functional groups attached to an aromatic ring is 1. The number of hydrogen-bond acceptors (Lipinski definition) is 2. The van der Waals surface area contributed by atoms with Crippen molar-refractivity contribution in [3.05, 3.63) is 58.3 Å². The van der Waals surface area contributed by atoms with Gasteiger partial charge in [-0.25, -0.2) is 4.39 Å². The van der Waals surface area contributed by atoms with Gasteiger partial charge in [0.05, 0.1) is 16.9 Å². The SMILES string of the molecule is Nc1ccc(F)cc1NC(=O)c1ccccc1Br. The van der Waals surface area contributed by atoms with Crippen molar-refractivity contribution in [3.8, 4) is 0 Å². The number of benzene rings is 2. The monoisotopic (exact) mass is 308 g/mol. The molecule has 0 unspecified atom stereocenters. The highest BCUT2D eigenvalue weighted by Crippen LogP contribution is 2.22. The average molecular weight is 309 g/mol. The van der Waals surface area contributed by atoms with Gasteiger partial charge in [-0.15, -0.1) is 0 Å². The molecule has 0 aromatic heterocycles. The third kappa shape index (κ3) is 2.68. The van der Waals surface area contributed by atoms with Gasteiger partial charge in [-0.1, -0.05) is 12.1 Å². The number of carbonyl (C=O) groups excluding carboxylic acids is 1. The summed E-state index contributed by atoms with van der Waals surface area (Å²) in [5, 5.41) is 2.57. The fourth-order valence-electron chi connectivity index (χ4n) is 1.47. The Hall–Kier alpha value is -1.88. The van der Waals surface area contributed by atoms with E-state index in [-0.39, 0.29) is 11.6 Å². The molecule has 3 nitrogen and oxygen atoms in total. The van der Waals surface area contributed by atoms with Crippen molar-refractivity contribution in [1.29, 1.82) is 0 Å². The second-order valence-electron chi connectivity index (χ2n) is 3.67. The normalized spacial score (nSPS) is 10.1. The molecule has 0 fully saturated rings. The quantitative estimate of drug-likeness (QED) is 0.835. The smallest absolute Gasteiger partial charge is 0.256 e. The maximum absolute atomic E-state index is 13.1. The third-order valence-electron chi connectivity index (χ3n) is 2.38. The Balaban J connectivity index is 2.27. The zero-order valence-electron chi connectivity index (χ0n) is 9.28. The first-order valence-corrected chi connectivity index (χ1v) is 5.98. The predicted molar refractivity (Wildman–Crippen MR) is 72.9 cm³/mol. The molecule has 18 heavy (non-hydrogen) atoms. The maximum atomic E-state index is 13.1. The summed E-state index contributed by atoms with van der Waals surface area (Å²) in [6.07, 6.45) is 0. The predicted octanol–water partition coefficient (Wildman–Crippen LogP) is 3.42. The van der Waals surface area contributed by atoms with E-state index in [0.717, 1.165) is 0 Å². The molecule has 0 aliphatic rings. The highest BCUT2D eigenvalue weighted by Gasteiger charge is 2.11. The summed E-state index contributed by atoms with van der Waals surface area (Å²) >= 11 is 3.28. The number of nitrogens with one attached hydrogen (secondary N) is 1. The first-order valence-electron chi connectivity index (χ1n) is 5.19. The molecule has 0 atom stereocenters. The second kappa shape index (κ2) is 5.18. The molecule has 2 rings (SSSR count). The van der Waals surface area contributed by atoms with Crippen molar-refractivity contribution < 1.29 is 9.18 Å². The van der Waals surface area contributed by atoms with Crippen LogP contribution in [-0.2, 0) is 0 Å². The Morgan fingerprint density at radius 1 is 1.22 bits per heavy atom. The van der Waals surface area contributed by atoms with Gasteiger partial charge < -0.3 is 11.1 Å². The van der Waals surface area contributed by atoms with Crippen molar-refractivity contribution in [2.24, 2.45) is 0 Å². The van der Waals surface area contributed by atoms with Crippen molar-refractivity contribution in [3.63, 3.8) is 0 Å². The lowest BCUT2D eigenvalue weighted by atomic mass is 10.2. The third-order valence-corrected chi connectivity index (χ3v) is 3.07. The molecular weight excluding hydrogens is 299 g/mol. The lowest BCUT2D eigenvalue weighted by Crippen LogP contribution is -2.13. The zero-order valence-corrected chi connectivity index (χ0v) is 10.9. The fourth-order valence-corrected chi connectivity index (χ4v) is 1.94. The average Bonchev–Trinajstić information content (AvgIpc) is 2.34. The van der Waals surface area contributed by atoms with Crippen molar-refractivity contribution in [1.82, 2.24) is 0 Å². The Labute approximate surface area is 112 Å². The molecule has 1 amide bonds. The summed E-state index contributed by atoms with van der Waals surface area (Å²) in [4.78, 5) is 12.0. The Kier molecular flexibility index (Phi) is 3.62. The summed E-state index contributed by atoms with van der Waals surface area (Å²) in [7, 11) is 0. The maximum Gasteiger partial charge on any atom is 0.256 e. The molecular formula is C13H10BrFN2O. The number of amides is 1. The van der Waals surface area contributed by atoms with Crippen LogP contribution in [0.25, 0.3) is 0 Å². The van der Waals surface area contributed by atoms with Crippen LogP contribution in [-0.4, -0.2) is 5.91 Å². The van der Waals surface area contributed by atoms with Crippen LogP contribution in [0, 0.1) is 5.82 Å². The van der Waals surface area contributed by atoms with Crippen LogP contribution >= 0.6 is 15.9 Å². The highest BCUT2D eigenvalue weighted by atomic mass is 79.9. The van der Waals surface area contributed by atoms with E-state index in [4.69, 9.17) is 5.73 Å². The van der Waals surface area contributed by atoms with Gasteiger partial charge in [0.25, 0.3) is 5.91 Å². The summed E-state index contributed by atoms with van der Waals surface area (Å²) in [6, 6.07) is 10.8. The number of hydrogen-bond donors (Lipinski definition) is 2. The Morgan fingerprint density at radius 2 is 1.94 bits per heavy atom. The molecule has 0 heterocycles. The van der Waals surface area contributed by atoms with E-state index in [2.05, 4.69) is 21.2 Å². The van der Waals surface area contributed by atoms with Crippen LogP contribution in [0.15, 0.2) is 46.9 Å². The van der Waals surface area contributed by atoms with E-state index in [1.54, 1.807) is 24.3 Å². The molecule has 92 valence electrons. The minimum Gasteiger partial charge on any atom is -0.397 e. The number of anilines is 2. The van der Waals surface area contributed by atoms with Gasteiger partial charge >= 0.3 is 0 Å². The summed E-state index contributed by atoms with van der Waals surface area (Å²) in [5.41, 5.74) is 6.70. The molecule has 0 spiro atoms. The van der Waals surface area contributed by atoms with Gasteiger partial charge in [0, 0.05) is 4.47 Å². The molecule has 0 aliphatic carbocycles. The minimum absolute atomic E-state index is 0.260. The van der Waals surface area contributed by atoms with Gasteiger partial charge in [0.2, 0.25) is 0 Å². The van der Waals surface area contributed by atoms with Crippen molar-refractivity contribution in [2.75, 3.05) is 11.1 Å². The molecule has 2 aromatic carbocycles. The van der Waals surface area contributed by atoms with E-state index in [9.17, 15) is 9.18 Å². The first-order chi connectivity index (χ1) is 8.58. The molecule has 0 radical (unpaired) electrons. The standard InChI is InChI=1S/C13H10BrFN2O/c14-10-4-2-1-3-9(10)13(18)17-12-7-8(15)5-6-11(12)16/h1-7H,16H2,(H,17,18). The first kappa shape index (κ1) is 12.6. The van der Waals surface area contributed by atoms with Crippen molar-refractivity contribution in [2.45, 2.75) is 0 Å². The Morgan fingerprint density at radius 3 is 2.67 bits per heavy atom. The van der Waals surface area contributed by atoms with E-state index in [1.807, 2.05) is 0 Å². The van der Waals surface area contributed by atoms with Gasteiger partial charge in [-0.3, -0.25) is 4.79 Å². The van der Waals surface area contributed by atoms with Gasteiger partial charge in [0.15, 0.2) is 0 Å². The number of nitrogens with two attached hydrogens (primary N) is 1. The van der Waals surface area contributed by atoms with Crippen LogP contribution in [0.3, 0.4) is 0 Å². The van der Waals surface area contributed by atoms with Crippen molar-refractivity contribution >= 4 is 33.2 Å². The minimum atomic E-state index is -0.452. The number of rotatable bonds is 2. The van der Waals surface area contributed by atoms with Crippen LogP contribution in [0.1, 0.15) is 10.4 Å². The van der Waals surface area contributed by atoms with E-state index >= 15 is 0 Å².